The van der Waals surface area contributed by atoms with Crippen LogP contribution in [0.4, 0.5) is 4.39 Å². The van der Waals surface area contributed by atoms with Gasteiger partial charge in [0.05, 0.1) is 0 Å². The second-order valence-electron chi connectivity index (χ2n) is 5.97. The summed E-state index contributed by atoms with van der Waals surface area (Å²) in [4.78, 5) is 0. The van der Waals surface area contributed by atoms with Crippen LogP contribution in [0.2, 0.25) is 0 Å². The van der Waals surface area contributed by atoms with E-state index in [0.29, 0.717) is 6.04 Å². The zero-order valence-corrected chi connectivity index (χ0v) is 12.4. The Bertz CT molecular complexity index is 609. The second kappa shape index (κ2) is 5.57. The zero-order chi connectivity index (χ0) is 14.1. The molecule has 1 N–H and O–H groups in total. The molecule has 1 saturated carbocycles. The first-order valence-electron chi connectivity index (χ1n) is 7.63. The number of benzene rings is 1. The fourth-order valence-corrected chi connectivity index (χ4v) is 3.47. The third-order valence-corrected chi connectivity index (χ3v) is 4.75. The Morgan fingerprint density at radius 3 is 2.80 bits per heavy atom. The fraction of sp³-hybridized carbons (Fsp3) is 0.529. The lowest BCUT2D eigenvalue weighted by molar-refractivity contribution is 0.527. The van der Waals surface area contributed by atoms with Crippen molar-refractivity contribution in [3.8, 4) is 0 Å². The van der Waals surface area contributed by atoms with E-state index in [0.717, 1.165) is 23.9 Å². The molecular weight excluding hydrogens is 251 g/mol. The molecule has 1 aliphatic carbocycles. The van der Waals surface area contributed by atoms with Gasteiger partial charge in [0.2, 0.25) is 0 Å². The van der Waals surface area contributed by atoms with Gasteiger partial charge in [0.25, 0.3) is 0 Å². The molecule has 0 saturated heterocycles. The first-order valence-corrected chi connectivity index (χ1v) is 7.63. The number of rotatable bonds is 4. The molecule has 0 unspecified atom stereocenters. The number of aryl methyl sites for hydroxylation is 1. The number of nitrogens with zero attached hydrogens (tertiary/aromatic N) is 1. The van der Waals surface area contributed by atoms with E-state index in [1.165, 1.54) is 36.9 Å². The van der Waals surface area contributed by atoms with Gasteiger partial charge in [-0.25, -0.2) is 4.39 Å². The van der Waals surface area contributed by atoms with Crippen LogP contribution in [-0.4, -0.2) is 17.2 Å². The molecule has 3 heteroatoms. The molecule has 1 fully saturated rings. The number of hydrogen-bond donors (Lipinski definition) is 1. The third-order valence-electron chi connectivity index (χ3n) is 4.75. The van der Waals surface area contributed by atoms with Crippen LogP contribution in [0.5, 0.6) is 0 Å². The number of hydrogen-bond acceptors (Lipinski definition) is 1. The average Bonchev–Trinajstić information content (AvgIpc) is 3.02. The van der Waals surface area contributed by atoms with Crippen LogP contribution >= 0.6 is 0 Å². The van der Waals surface area contributed by atoms with Gasteiger partial charge in [0.15, 0.2) is 0 Å². The Morgan fingerprint density at radius 1 is 1.30 bits per heavy atom. The minimum absolute atomic E-state index is 0.145. The van der Waals surface area contributed by atoms with Crippen LogP contribution in [0.1, 0.15) is 36.9 Å². The third kappa shape index (κ3) is 2.47. The highest BCUT2D eigenvalue weighted by molar-refractivity contribution is 5.85. The van der Waals surface area contributed by atoms with Gasteiger partial charge < -0.3 is 9.88 Å². The first-order chi connectivity index (χ1) is 9.66. The Labute approximate surface area is 120 Å². The van der Waals surface area contributed by atoms with Gasteiger partial charge in [-0.1, -0.05) is 12.8 Å². The van der Waals surface area contributed by atoms with Crippen molar-refractivity contribution in [2.75, 3.05) is 6.54 Å². The van der Waals surface area contributed by atoms with E-state index in [4.69, 9.17) is 0 Å². The Kier molecular flexibility index (Phi) is 3.79. The van der Waals surface area contributed by atoms with E-state index in [-0.39, 0.29) is 5.82 Å². The van der Waals surface area contributed by atoms with E-state index in [2.05, 4.69) is 23.9 Å². The van der Waals surface area contributed by atoms with Crippen molar-refractivity contribution in [2.24, 2.45) is 7.05 Å². The average molecular weight is 274 g/mol. The van der Waals surface area contributed by atoms with Gasteiger partial charge >= 0.3 is 0 Å². The minimum Gasteiger partial charge on any atom is -0.348 e. The maximum Gasteiger partial charge on any atom is 0.123 e. The van der Waals surface area contributed by atoms with Gasteiger partial charge in [0.1, 0.15) is 5.82 Å². The number of halogens is 1. The molecule has 20 heavy (non-hydrogen) atoms. The summed E-state index contributed by atoms with van der Waals surface area (Å²) in [7, 11) is 2.06. The van der Waals surface area contributed by atoms with Crippen LogP contribution in [0.25, 0.3) is 10.9 Å². The predicted molar refractivity (Wildman–Crippen MR) is 81.6 cm³/mol. The molecule has 0 bridgehead atoms. The molecule has 0 aliphatic heterocycles. The largest absolute Gasteiger partial charge is 0.348 e. The highest BCUT2D eigenvalue weighted by atomic mass is 19.1. The van der Waals surface area contributed by atoms with Gasteiger partial charge in [-0.05, 0) is 56.5 Å². The predicted octanol–water partition coefficient (Wildman–Crippen LogP) is 3.70. The van der Waals surface area contributed by atoms with Crippen molar-refractivity contribution in [3.63, 3.8) is 0 Å². The summed E-state index contributed by atoms with van der Waals surface area (Å²) >= 11 is 0. The Balaban J connectivity index is 1.79. The molecule has 1 aromatic carbocycles. The molecule has 2 nitrogen and oxygen atoms in total. The van der Waals surface area contributed by atoms with Crippen LogP contribution in [0, 0.1) is 12.7 Å². The molecule has 1 aliphatic rings. The van der Waals surface area contributed by atoms with Crippen molar-refractivity contribution in [1.82, 2.24) is 9.88 Å². The van der Waals surface area contributed by atoms with Crippen LogP contribution in [0.15, 0.2) is 18.2 Å². The molecule has 1 aromatic heterocycles. The highest BCUT2D eigenvalue weighted by Crippen LogP contribution is 2.26. The summed E-state index contributed by atoms with van der Waals surface area (Å²) in [5.41, 5.74) is 3.66. The molecule has 0 spiro atoms. The Morgan fingerprint density at radius 2 is 2.05 bits per heavy atom. The van der Waals surface area contributed by atoms with Gasteiger partial charge in [-0.3, -0.25) is 0 Å². The van der Waals surface area contributed by atoms with Crippen LogP contribution in [0.3, 0.4) is 0 Å². The van der Waals surface area contributed by atoms with Gasteiger partial charge in [-0.15, -0.1) is 0 Å². The van der Waals surface area contributed by atoms with E-state index < -0.39 is 0 Å². The Hall–Kier alpha value is -1.35. The summed E-state index contributed by atoms with van der Waals surface area (Å²) in [6.45, 7) is 3.12. The monoisotopic (exact) mass is 274 g/mol. The molecule has 0 amide bonds. The molecule has 1 heterocycles. The molecule has 2 aromatic rings. The molecule has 0 atom stereocenters. The lowest BCUT2D eigenvalue weighted by Gasteiger charge is -2.11. The second-order valence-corrected chi connectivity index (χ2v) is 5.97. The number of nitrogens with one attached hydrogen (secondary N) is 1. The maximum atomic E-state index is 13.5. The summed E-state index contributed by atoms with van der Waals surface area (Å²) in [5, 5.41) is 4.71. The lowest BCUT2D eigenvalue weighted by atomic mass is 10.1. The van der Waals surface area contributed by atoms with Crippen LogP contribution < -0.4 is 5.32 Å². The molecule has 3 rings (SSSR count). The molecular formula is C17H23FN2. The quantitative estimate of drug-likeness (QED) is 0.899. The normalized spacial score (nSPS) is 16.4. The van der Waals surface area contributed by atoms with Crippen LogP contribution in [-0.2, 0) is 13.5 Å². The van der Waals surface area contributed by atoms with Crippen molar-refractivity contribution in [3.05, 3.63) is 35.3 Å². The molecule has 0 radical (unpaired) electrons. The fourth-order valence-electron chi connectivity index (χ4n) is 3.47. The van der Waals surface area contributed by atoms with E-state index in [9.17, 15) is 4.39 Å². The zero-order valence-electron chi connectivity index (χ0n) is 12.4. The number of fused-ring (bicyclic) bond motifs is 1. The standard InChI is InChI=1S/C17H23FN2/c1-12-15(9-10-19-14-5-3-4-6-14)16-11-13(18)7-8-17(16)20(12)2/h7-8,11,14,19H,3-6,9-10H2,1-2H3. The smallest absolute Gasteiger partial charge is 0.123 e. The summed E-state index contributed by atoms with van der Waals surface area (Å²) < 4.78 is 15.7. The topological polar surface area (TPSA) is 17.0 Å². The van der Waals surface area contributed by atoms with E-state index in [1.807, 2.05) is 6.07 Å². The minimum atomic E-state index is -0.145. The van der Waals surface area contributed by atoms with Gasteiger partial charge in [0, 0.05) is 29.7 Å². The summed E-state index contributed by atoms with van der Waals surface area (Å²) in [6, 6.07) is 5.79. The summed E-state index contributed by atoms with van der Waals surface area (Å²) in [5.74, 6) is -0.145. The highest BCUT2D eigenvalue weighted by Gasteiger charge is 2.15. The van der Waals surface area contributed by atoms with Crippen molar-refractivity contribution in [1.29, 1.82) is 0 Å². The maximum absolute atomic E-state index is 13.5. The number of aromatic nitrogens is 1. The first kappa shape index (κ1) is 13.6. The lowest BCUT2D eigenvalue weighted by Crippen LogP contribution is -2.28. The van der Waals surface area contributed by atoms with E-state index in [1.54, 1.807) is 12.1 Å². The van der Waals surface area contributed by atoms with Crippen molar-refractivity contribution in [2.45, 2.75) is 45.1 Å². The molecule has 108 valence electrons. The van der Waals surface area contributed by atoms with Crippen molar-refractivity contribution >= 4 is 10.9 Å². The van der Waals surface area contributed by atoms with Crippen molar-refractivity contribution < 1.29 is 4.39 Å². The van der Waals surface area contributed by atoms with Gasteiger partial charge in [-0.2, -0.15) is 0 Å². The summed E-state index contributed by atoms with van der Waals surface area (Å²) in [6.07, 6.45) is 6.31. The van der Waals surface area contributed by atoms with E-state index >= 15 is 0 Å². The SMILES string of the molecule is Cc1c(CCNC2CCCC2)c2cc(F)ccc2n1C.